The summed E-state index contributed by atoms with van der Waals surface area (Å²) in [5.41, 5.74) is 1.11. The van der Waals surface area contributed by atoms with Gasteiger partial charge < -0.3 is 18.9 Å². The van der Waals surface area contributed by atoms with E-state index in [0.717, 1.165) is 24.2 Å². The molecular formula is C26H32N2O7. The van der Waals surface area contributed by atoms with Crippen LogP contribution >= 0.6 is 0 Å². The monoisotopic (exact) mass is 484 g/mol. The number of amides is 2. The van der Waals surface area contributed by atoms with Gasteiger partial charge in [0.25, 0.3) is 11.8 Å². The lowest BCUT2D eigenvalue weighted by molar-refractivity contribution is -0.142. The maximum absolute atomic E-state index is 13.2. The largest absolute Gasteiger partial charge is 0.493 e. The Kier molecular flexibility index (Phi) is 11.0. The highest BCUT2D eigenvalue weighted by Crippen LogP contribution is 2.31. The van der Waals surface area contributed by atoms with Gasteiger partial charge in [-0.1, -0.05) is 25.8 Å². The number of methoxy groups -OCH3 is 1. The van der Waals surface area contributed by atoms with Gasteiger partial charge >= 0.3 is 5.97 Å². The number of rotatable bonds is 13. The number of ether oxygens (including phenoxy) is 4. The molecule has 0 unspecified atom stereocenters. The normalized spacial score (nSPS) is 14.8. The van der Waals surface area contributed by atoms with Crippen LogP contribution in [-0.2, 0) is 23.9 Å². The molecule has 9 nitrogen and oxygen atoms in total. The number of nitriles is 1. The van der Waals surface area contributed by atoms with E-state index in [1.807, 2.05) is 6.07 Å². The van der Waals surface area contributed by atoms with Crippen molar-refractivity contribution in [3.05, 3.63) is 40.5 Å². The number of carbonyl (C=O) groups is 3. The molecule has 188 valence electrons. The summed E-state index contributed by atoms with van der Waals surface area (Å²) < 4.78 is 21.4. The SMILES string of the molecule is CCCCCOc1ccc(/C=C2/C(=O)N(CCOCCOC(C)=O)C(=O)C(C#N)=C2C)cc1OC. The van der Waals surface area contributed by atoms with Gasteiger partial charge in [-0.3, -0.25) is 19.3 Å². The molecule has 0 N–H and O–H groups in total. The molecule has 0 bridgehead atoms. The van der Waals surface area contributed by atoms with Crippen LogP contribution in [0.25, 0.3) is 6.08 Å². The van der Waals surface area contributed by atoms with Crippen LogP contribution in [0.3, 0.4) is 0 Å². The molecule has 0 atom stereocenters. The highest BCUT2D eigenvalue weighted by Gasteiger charge is 2.35. The summed E-state index contributed by atoms with van der Waals surface area (Å²) in [7, 11) is 1.54. The lowest BCUT2D eigenvalue weighted by Gasteiger charge is -2.27. The average Bonchev–Trinajstić information content (AvgIpc) is 2.84. The van der Waals surface area contributed by atoms with Gasteiger partial charge in [-0.05, 0) is 42.7 Å². The minimum Gasteiger partial charge on any atom is -0.493 e. The highest BCUT2D eigenvalue weighted by molar-refractivity contribution is 6.19. The van der Waals surface area contributed by atoms with Crippen molar-refractivity contribution < 1.29 is 33.3 Å². The van der Waals surface area contributed by atoms with E-state index in [-0.39, 0.29) is 37.5 Å². The number of unbranched alkanes of at least 4 members (excludes halogenated alkanes) is 2. The summed E-state index contributed by atoms with van der Waals surface area (Å²) in [6.45, 7) is 5.78. The maximum Gasteiger partial charge on any atom is 0.302 e. The molecule has 1 aliphatic rings. The summed E-state index contributed by atoms with van der Waals surface area (Å²) in [6.07, 6.45) is 4.74. The summed E-state index contributed by atoms with van der Waals surface area (Å²) >= 11 is 0. The molecule has 0 saturated carbocycles. The molecule has 1 aromatic carbocycles. The van der Waals surface area contributed by atoms with Crippen molar-refractivity contribution in [2.24, 2.45) is 0 Å². The minimum atomic E-state index is -0.663. The van der Waals surface area contributed by atoms with Crippen molar-refractivity contribution in [3.8, 4) is 17.6 Å². The molecule has 1 aromatic rings. The Labute approximate surface area is 205 Å². The Morgan fingerprint density at radius 1 is 1.09 bits per heavy atom. The number of hydrogen-bond acceptors (Lipinski definition) is 8. The van der Waals surface area contributed by atoms with E-state index in [0.29, 0.717) is 29.2 Å². The van der Waals surface area contributed by atoms with Crippen LogP contribution < -0.4 is 9.47 Å². The van der Waals surface area contributed by atoms with Crippen LogP contribution in [-0.4, -0.2) is 62.8 Å². The van der Waals surface area contributed by atoms with Gasteiger partial charge in [0, 0.05) is 12.5 Å². The van der Waals surface area contributed by atoms with E-state index >= 15 is 0 Å². The van der Waals surface area contributed by atoms with E-state index in [9.17, 15) is 19.6 Å². The predicted molar refractivity (Wildman–Crippen MR) is 128 cm³/mol. The lowest BCUT2D eigenvalue weighted by atomic mass is 9.93. The molecule has 1 heterocycles. The molecule has 0 radical (unpaired) electrons. The minimum absolute atomic E-state index is 0.0403. The lowest BCUT2D eigenvalue weighted by Crippen LogP contribution is -2.44. The molecule has 35 heavy (non-hydrogen) atoms. The molecular weight excluding hydrogens is 452 g/mol. The Hall–Kier alpha value is -3.64. The van der Waals surface area contributed by atoms with E-state index in [4.69, 9.17) is 18.9 Å². The Morgan fingerprint density at radius 2 is 1.86 bits per heavy atom. The number of hydrogen-bond donors (Lipinski definition) is 0. The Balaban J connectivity index is 2.21. The number of imide groups is 1. The highest BCUT2D eigenvalue weighted by atomic mass is 16.6. The van der Waals surface area contributed by atoms with Gasteiger partial charge in [0.2, 0.25) is 0 Å². The van der Waals surface area contributed by atoms with Crippen molar-refractivity contribution >= 4 is 23.9 Å². The predicted octanol–water partition coefficient (Wildman–Crippen LogP) is 3.44. The van der Waals surface area contributed by atoms with Gasteiger partial charge in [-0.15, -0.1) is 0 Å². The summed E-state index contributed by atoms with van der Waals surface area (Å²) in [5.74, 6) is -0.474. The number of esters is 1. The first-order valence-electron chi connectivity index (χ1n) is 11.5. The van der Waals surface area contributed by atoms with Crippen LogP contribution in [0.1, 0.15) is 45.6 Å². The second kappa shape index (κ2) is 13.9. The zero-order chi connectivity index (χ0) is 25.8. The number of nitrogens with zero attached hydrogens (tertiary/aromatic N) is 2. The zero-order valence-electron chi connectivity index (χ0n) is 20.7. The smallest absolute Gasteiger partial charge is 0.302 e. The first kappa shape index (κ1) is 27.6. The number of carbonyl (C=O) groups excluding carboxylic acids is 3. The molecule has 0 fully saturated rings. The second-order valence-corrected chi connectivity index (χ2v) is 7.85. The third-order valence-corrected chi connectivity index (χ3v) is 5.32. The first-order chi connectivity index (χ1) is 16.8. The first-order valence-corrected chi connectivity index (χ1v) is 11.5. The molecule has 1 aliphatic heterocycles. The fraction of sp³-hybridized carbons (Fsp3) is 0.462. The van der Waals surface area contributed by atoms with Gasteiger partial charge in [0.1, 0.15) is 18.2 Å². The zero-order valence-corrected chi connectivity index (χ0v) is 20.7. The van der Waals surface area contributed by atoms with Crippen LogP contribution in [0.2, 0.25) is 0 Å². The van der Waals surface area contributed by atoms with Gasteiger partial charge in [0.05, 0.1) is 33.5 Å². The quantitative estimate of drug-likeness (QED) is 0.181. The van der Waals surface area contributed by atoms with E-state index in [1.54, 1.807) is 31.2 Å². The molecule has 9 heteroatoms. The molecule has 0 aromatic heterocycles. The standard InChI is InChI=1S/C26H32N2O7/c1-5-6-7-11-35-23-9-8-20(16-24(23)32-4)15-21-18(2)22(17-27)26(31)28(25(21)30)10-12-33-13-14-34-19(3)29/h8-9,15-16H,5-7,10-14H2,1-4H3/b21-15+. The average molecular weight is 485 g/mol. The summed E-state index contributed by atoms with van der Waals surface area (Å²) in [6, 6.07) is 7.21. The van der Waals surface area contributed by atoms with Gasteiger partial charge in [0.15, 0.2) is 11.5 Å². The van der Waals surface area contributed by atoms with Gasteiger partial charge in [-0.25, -0.2) is 0 Å². The fourth-order valence-electron chi connectivity index (χ4n) is 3.43. The Bertz CT molecular complexity index is 1040. The summed E-state index contributed by atoms with van der Waals surface area (Å²) in [5, 5.41) is 9.54. The van der Waals surface area contributed by atoms with E-state index in [1.165, 1.54) is 14.0 Å². The van der Waals surface area contributed by atoms with Crippen LogP contribution in [0.5, 0.6) is 11.5 Å². The van der Waals surface area contributed by atoms with Crippen LogP contribution in [0.15, 0.2) is 34.9 Å². The van der Waals surface area contributed by atoms with E-state index < -0.39 is 17.8 Å². The third kappa shape index (κ3) is 7.69. The Morgan fingerprint density at radius 3 is 2.51 bits per heavy atom. The van der Waals surface area contributed by atoms with Crippen molar-refractivity contribution in [3.63, 3.8) is 0 Å². The third-order valence-electron chi connectivity index (χ3n) is 5.32. The van der Waals surface area contributed by atoms with Gasteiger partial charge in [-0.2, -0.15) is 5.26 Å². The molecule has 0 spiro atoms. The molecule has 2 amide bonds. The fourth-order valence-corrected chi connectivity index (χ4v) is 3.43. The van der Waals surface area contributed by atoms with E-state index in [2.05, 4.69) is 6.92 Å². The molecule has 0 saturated heterocycles. The maximum atomic E-state index is 13.2. The summed E-state index contributed by atoms with van der Waals surface area (Å²) in [4.78, 5) is 37.7. The number of benzene rings is 1. The van der Waals surface area contributed by atoms with Crippen LogP contribution in [0.4, 0.5) is 0 Å². The van der Waals surface area contributed by atoms with Crippen molar-refractivity contribution in [1.82, 2.24) is 4.90 Å². The van der Waals surface area contributed by atoms with Crippen molar-refractivity contribution in [2.45, 2.75) is 40.0 Å². The topological polar surface area (TPSA) is 115 Å². The van der Waals surface area contributed by atoms with Crippen molar-refractivity contribution in [2.75, 3.05) is 40.1 Å². The molecule has 0 aliphatic carbocycles. The second-order valence-electron chi connectivity index (χ2n) is 7.85. The molecule has 2 rings (SSSR count). The van der Waals surface area contributed by atoms with Crippen LogP contribution in [0, 0.1) is 11.3 Å². The van der Waals surface area contributed by atoms with Crippen molar-refractivity contribution in [1.29, 1.82) is 5.26 Å².